The molecule has 1 N–H and O–H groups in total. The van der Waals surface area contributed by atoms with Crippen molar-refractivity contribution in [3.8, 4) is 0 Å². The van der Waals surface area contributed by atoms with Gasteiger partial charge in [0.1, 0.15) is 0 Å². The van der Waals surface area contributed by atoms with Crippen LogP contribution in [-0.2, 0) is 17.3 Å². The Kier molecular flexibility index (Phi) is 4.40. The molecule has 0 radical (unpaired) electrons. The molecule has 138 valence electrons. The highest BCUT2D eigenvalue weighted by molar-refractivity contribution is 6.30. The third kappa shape index (κ3) is 3.01. The second kappa shape index (κ2) is 6.17. The van der Waals surface area contributed by atoms with Crippen LogP contribution in [0.15, 0.2) is 36.7 Å². The van der Waals surface area contributed by atoms with E-state index < -0.39 is 40.9 Å². The fourth-order valence-corrected chi connectivity index (χ4v) is 2.99. The predicted octanol–water partition coefficient (Wildman–Crippen LogP) is 3.97. The molecule has 1 atom stereocenters. The van der Waals surface area contributed by atoms with E-state index in [4.69, 9.17) is 11.6 Å². The lowest BCUT2D eigenvalue weighted by Crippen LogP contribution is -2.34. The summed E-state index contributed by atoms with van der Waals surface area (Å²) in [6.07, 6.45) is -5.69. The van der Waals surface area contributed by atoms with Crippen molar-refractivity contribution in [1.82, 2.24) is 4.98 Å². The molecule has 0 spiro atoms. The maximum atomic E-state index is 14.5. The van der Waals surface area contributed by atoms with Gasteiger partial charge in [-0.05, 0) is 17.7 Å². The van der Waals surface area contributed by atoms with E-state index >= 15 is 0 Å². The summed E-state index contributed by atoms with van der Waals surface area (Å²) >= 11 is 5.77. The fraction of sp³-hybridized carbons (Fsp3) is 0.250. The molecule has 0 fully saturated rings. The summed E-state index contributed by atoms with van der Waals surface area (Å²) in [5.41, 5.74) is -2.29. The van der Waals surface area contributed by atoms with Gasteiger partial charge in [0.15, 0.2) is 6.10 Å². The molecular formula is C16H10ClF5N2O2. The van der Waals surface area contributed by atoms with Gasteiger partial charge in [-0.3, -0.25) is 9.78 Å². The number of nitrogens with zero attached hydrogens (tertiary/aromatic N) is 2. The molecule has 1 aromatic carbocycles. The maximum Gasteiger partial charge on any atom is 0.418 e. The summed E-state index contributed by atoms with van der Waals surface area (Å²) < 4.78 is 67.4. The number of amides is 1. The Balaban J connectivity index is 2.10. The number of rotatable bonds is 3. The Morgan fingerprint density at radius 3 is 2.58 bits per heavy atom. The first-order chi connectivity index (χ1) is 12.0. The number of aliphatic hydroxyl groups excluding tert-OH is 1. The van der Waals surface area contributed by atoms with Gasteiger partial charge in [-0.25, -0.2) is 0 Å². The van der Waals surface area contributed by atoms with Gasteiger partial charge < -0.3 is 10.0 Å². The molecule has 2 aromatic rings. The number of halogens is 6. The molecule has 10 heteroatoms. The molecule has 1 aliphatic rings. The van der Waals surface area contributed by atoms with Crippen molar-refractivity contribution in [1.29, 1.82) is 0 Å². The largest absolute Gasteiger partial charge is 0.418 e. The number of anilines is 1. The molecule has 0 bridgehead atoms. The number of carbonyl (C=O) groups is 1. The van der Waals surface area contributed by atoms with Crippen LogP contribution in [-0.4, -0.2) is 22.2 Å². The van der Waals surface area contributed by atoms with Crippen molar-refractivity contribution in [3.05, 3.63) is 58.4 Å². The third-order valence-corrected chi connectivity index (χ3v) is 4.11. The summed E-state index contributed by atoms with van der Waals surface area (Å²) in [5, 5.41) is 9.65. The van der Waals surface area contributed by atoms with Gasteiger partial charge in [-0.1, -0.05) is 23.7 Å². The van der Waals surface area contributed by atoms with Crippen molar-refractivity contribution < 1.29 is 31.9 Å². The smallest absolute Gasteiger partial charge is 0.379 e. The van der Waals surface area contributed by atoms with E-state index in [2.05, 4.69) is 4.98 Å². The van der Waals surface area contributed by atoms with E-state index in [0.717, 1.165) is 18.2 Å². The zero-order chi connectivity index (χ0) is 19.3. The monoisotopic (exact) mass is 392 g/mol. The average molecular weight is 393 g/mol. The summed E-state index contributed by atoms with van der Waals surface area (Å²) in [6.45, 7) is -0.361. The van der Waals surface area contributed by atoms with Crippen molar-refractivity contribution in [2.24, 2.45) is 0 Å². The standard InChI is InChI=1S/C16H10ClF5N2O2/c17-9-4-8(5-23-6-9)7-24-11-3-1-2-10(13(25)16(20,21)22)12(11)15(18,19)14(24)26/h1-6,13,25H,7H2. The summed E-state index contributed by atoms with van der Waals surface area (Å²) in [6, 6.07) is 4.29. The minimum atomic E-state index is -5.15. The first-order valence-electron chi connectivity index (χ1n) is 7.21. The number of carbonyl (C=O) groups excluding carboxylic acids is 1. The second-order valence-electron chi connectivity index (χ2n) is 5.66. The van der Waals surface area contributed by atoms with Crippen LogP contribution in [0.2, 0.25) is 5.02 Å². The number of alkyl halides is 5. The van der Waals surface area contributed by atoms with E-state index in [-0.39, 0.29) is 11.6 Å². The number of aromatic nitrogens is 1. The van der Waals surface area contributed by atoms with Crippen LogP contribution < -0.4 is 4.90 Å². The molecule has 1 amide bonds. The number of hydrogen-bond acceptors (Lipinski definition) is 3. The van der Waals surface area contributed by atoms with Crippen molar-refractivity contribution in [2.75, 3.05) is 4.90 Å². The molecule has 26 heavy (non-hydrogen) atoms. The molecular weight excluding hydrogens is 383 g/mol. The van der Waals surface area contributed by atoms with Crippen LogP contribution >= 0.6 is 11.6 Å². The van der Waals surface area contributed by atoms with E-state index in [1.165, 1.54) is 18.5 Å². The van der Waals surface area contributed by atoms with Crippen LogP contribution in [0, 0.1) is 0 Å². The van der Waals surface area contributed by atoms with Crippen molar-refractivity contribution in [2.45, 2.75) is 24.7 Å². The second-order valence-corrected chi connectivity index (χ2v) is 6.10. The van der Waals surface area contributed by atoms with E-state index in [1.54, 1.807) is 0 Å². The van der Waals surface area contributed by atoms with Gasteiger partial charge in [0, 0.05) is 18.0 Å². The highest BCUT2D eigenvalue weighted by atomic mass is 35.5. The van der Waals surface area contributed by atoms with Crippen LogP contribution in [0.4, 0.5) is 27.6 Å². The van der Waals surface area contributed by atoms with Crippen molar-refractivity contribution >= 4 is 23.2 Å². The van der Waals surface area contributed by atoms with Crippen LogP contribution in [0.25, 0.3) is 0 Å². The number of aliphatic hydroxyl groups is 1. The van der Waals surface area contributed by atoms with Crippen LogP contribution in [0.3, 0.4) is 0 Å². The summed E-state index contributed by atoms with van der Waals surface area (Å²) in [7, 11) is 0. The molecule has 0 saturated heterocycles. The third-order valence-electron chi connectivity index (χ3n) is 3.90. The lowest BCUT2D eigenvalue weighted by Gasteiger charge is -2.20. The first-order valence-corrected chi connectivity index (χ1v) is 7.58. The van der Waals surface area contributed by atoms with Crippen molar-refractivity contribution in [3.63, 3.8) is 0 Å². The number of fused-ring (bicyclic) bond motifs is 1. The Bertz CT molecular complexity index is 872. The Labute approximate surface area is 148 Å². The molecule has 1 aromatic heterocycles. The zero-order valence-corrected chi connectivity index (χ0v) is 13.5. The quantitative estimate of drug-likeness (QED) is 0.804. The Morgan fingerprint density at radius 1 is 1.27 bits per heavy atom. The number of benzene rings is 1. The molecule has 3 rings (SSSR count). The predicted molar refractivity (Wildman–Crippen MR) is 81.8 cm³/mol. The molecule has 1 aliphatic heterocycles. The van der Waals surface area contributed by atoms with Gasteiger partial charge in [-0.2, -0.15) is 22.0 Å². The van der Waals surface area contributed by atoms with Gasteiger partial charge in [0.05, 0.1) is 22.8 Å². The maximum absolute atomic E-state index is 14.5. The highest BCUT2D eigenvalue weighted by Gasteiger charge is 2.56. The Hall–Kier alpha value is -2.26. The zero-order valence-electron chi connectivity index (χ0n) is 12.8. The highest BCUT2D eigenvalue weighted by Crippen LogP contribution is 2.49. The minimum absolute atomic E-state index is 0.211. The number of pyridine rings is 1. The van der Waals surface area contributed by atoms with Crippen LogP contribution in [0.1, 0.15) is 22.8 Å². The lowest BCUT2D eigenvalue weighted by molar-refractivity contribution is -0.207. The minimum Gasteiger partial charge on any atom is -0.379 e. The average Bonchev–Trinajstić information content (AvgIpc) is 2.74. The summed E-state index contributed by atoms with van der Waals surface area (Å²) in [4.78, 5) is 16.6. The van der Waals surface area contributed by atoms with Crippen LogP contribution in [0.5, 0.6) is 0 Å². The lowest BCUT2D eigenvalue weighted by atomic mass is 9.97. The SMILES string of the molecule is O=C1N(Cc2cncc(Cl)c2)c2cccc(C(O)C(F)(F)F)c2C1(F)F. The first kappa shape index (κ1) is 18.5. The number of hydrogen-bond donors (Lipinski definition) is 1. The van der Waals surface area contributed by atoms with Gasteiger partial charge in [0.2, 0.25) is 0 Å². The topological polar surface area (TPSA) is 53.4 Å². The van der Waals surface area contributed by atoms with E-state index in [0.29, 0.717) is 10.5 Å². The van der Waals surface area contributed by atoms with E-state index in [9.17, 15) is 31.9 Å². The normalized spacial score (nSPS) is 17.3. The molecule has 0 saturated carbocycles. The van der Waals surface area contributed by atoms with Gasteiger partial charge >= 0.3 is 18.0 Å². The summed E-state index contributed by atoms with van der Waals surface area (Å²) in [5.74, 6) is -5.89. The molecule has 1 unspecified atom stereocenters. The molecule has 4 nitrogen and oxygen atoms in total. The molecule has 2 heterocycles. The van der Waals surface area contributed by atoms with Gasteiger partial charge in [-0.15, -0.1) is 0 Å². The van der Waals surface area contributed by atoms with Gasteiger partial charge in [0.25, 0.3) is 0 Å². The van der Waals surface area contributed by atoms with E-state index in [1.807, 2.05) is 0 Å². The molecule has 0 aliphatic carbocycles. The Morgan fingerprint density at radius 2 is 1.96 bits per heavy atom. The fourth-order valence-electron chi connectivity index (χ4n) is 2.80.